The van der Waals surface area contributed by atoms with Crippen LogP contribution in [0.3, 0.4) is 0 Å². The van der Waals surface area contributed by atoms with Gasteiger partial charge in [0.25, 0.3) is 5.91 Å². The quantitative estimate of drug-likeness (QED) is 0.488. The van der Waals surface area contributed by atoms with Crippen molar-refractivity contribution in [1.29, 1.82) is 0 Å². The third kappa shape index (κ3) is 6.35. The van der Waals surface area contributed by atoms with Crippen LogP contribution in [-0.2, 0) is 21.4 Å². The molecule has 9 heteroatoms. The van der Waals surface area contributed by atoms with E-state index in [0.29, 0.717) is 12.3 Å². The maximum Gasteiger partial charge on any atom is 0.253 e. The van der Waals surface area contributed by atoms with Crippen molar-refractivity contribution < 1.29 is 22.7 Å². The molecule has 0 unspecified atom stereocenters. The number of amides is 2. The van der Waals surface area contributed by atoms with E-state index in [1.807, 2.05) is 37.3 Å². The van der Waals surface area contributed by atoms with Crippen LogP contribution in [0, 0.1) is 6.92 Å². The zero-order chi connectivity index (χ0) is 24.7. The lowest BCUT2D eigenvalue weighted by Crippen LogP contribution is -2.38. The number of nitrogens with zero attached hydrogens (tertiary/aromatic N) is 1. The van der Waals surface area contributed by atoms with Gasteiger partial charge >= 0.3 is 0 Å². The minimum atomic E-state index is -3.81. The molecule has 2 amide bonds. The predicted molar refractivity (Wildman–Crippen MR) is 133 cm³/mol. The number of sulfonamides is 1. The monoisotopic (exact) mass is 481 g/mol. The SMILES string of the molecule is COc1ccc(C)cc1N(CC(=O)Nc1ccccc1C(=O)NCc1ccccc1)S(C)(=O)=O. The van der Waals surface area contributed by atoms with Crippen molar-refractivity contribution in [3.8, 4) is 5.75 Å². The lowest BCUT2D eigenvalue weighted by atomic mass is 10.1. The number of ether oxygens (including phenoxy) is 1. The molecule has 0 atom stereocenters. The number of nitrogens with one attached hydrogen (secondary N) is 2. The van der Waals surface area contributed by atoms with E-state index in [9.17, 15) is 18.0 Å². The minimum absolute atomic E-state index is 0.258. The molecule has 3 aromatic rings. The predicted octanol–water partition coefficient (Wildman–Crippen LogP) is 3.34. The van der Waals surface area contributed by atoms with Gasteiger partial charge in [0.05, 0.1) is 30.3 Å². The second-order valence-corrected chi connectivity index (χ2v) is 9.61. The van der Waals surface area contributed by atoms with Crippen LogP contribution in [0.15, 0.2) is 72.8 Å². The molecule has 0 saturated carbocycles. The minimum Gasteiger partial charge on any atom is -0.495 e. The normalized spacial score (nSPS) is 10.9. The van der Waals surface area contributed by atoms with Crippen molar-refractivity contribution in [2.24, 2.45) is 0 Å². The highest BCUT2D eigenvalue weighted by Crippen LogP contribution is 2.31. The maximum absolute atomic E-state index is 12.9. The zero-order valence-corrected chi connectivity index (χ0v) is 20.1. The molecule has 178 valence electrons. The zero-order valence-electron chi connectivity index (χ0n) is 19.2. The van der Waals surface area contributed by atoms with E-state index in [0.717, 1.165) is 21.7 Å². The van der Waals surface area contributed by atoms with Gasteiger partial charge in [-0.1, -0.05) is 48.5 Å². The summed E-state index contributed by atoms with van der Waals surface area (Å²) in [6, 6.07) is 21.1. The molecule has 0 aliphatic carbocycles. The van der Waals surface area contributed by atoms with E-state index in [1.54, 1.807) is 42.5 Å². The Kier molecular flexibility index (Phi) is 7.91. The largest absolute Gasteiger partial charge is 0.495 e. The molecule has 0 radical (unpaired) electrons. The summed E-state index contributed by atoms with van der Waals surface area (Å²) >= 11 is 0. The first-order valence-electron chi connectivity index (χ1n) is 10.5. The van der Waals surface area contributed by atoms with Crippen molar-refractivity contribution in [2.75, 3.05) is 29.5 Å². The molecule has 3 rings (SSSR count). The number of benzene rings is 3. The molecule has 0 bridgehead atoms. The highest BCUT2D eigenvalue weighted by atomic mass is 32.2. The summed E-state index contributed by atoms with van der Waals surface area (Å²) in [7, 11) is -2.38. The molecule has 2 N–H and O–H groups in total. The summed E-state index contributed by atoms with van der Waals surface area (Å²) in [6.45, 7) is 1.66. The Bertz CT molecular complexity index is 1280. The van der Waals surface area contributed by atoms with Crippen molar-refractivity contribution in [2.45, 2.75) is 13.5 Å². The molecular weight excluding hydrogens is 454 g/mol. The Morgan fingerprint density at radius 3 is 2.32 bits per heavy atom. The van der Waals surface area contributed by atoms with Gasteiger partial charge in [-0.3, -0.25) is 13.9 Å². The van der Waals surface area contributed by atoms with Gasteiger partial charge in [-0.15, -0.1) is 0 Å². The number of methoxy groups -OCH3 is 1. The molecule has 8 nitrogen and oxygen atoms in total. The fourth-order valence-corrected chi connectivity index (χ4v) is 4.21. The highest BCUT2D eigenvalue weighted by Gasteiger charge is 2.25. The van der Waals surface area contributed by atoms with Crippen LogP contribution in [0.25, 0.3) is 0 Å². The fourth-order valence-electron chi connectivity index (χ4n) is 3.36. The smallest absolute Gasteiger partial charge is 0.253 e. The number of para-hydroxylation sites is 1. The van der Waals surface area contributed by atoms with Crippen LogP contribution in [0.2, 0.25) is 0 Å². The van der Waals surface area contributed by atoms with E-state index in [1.165, 1.54) is 7.11 Å². The number of anilines is 2. The summed E-state index contributed by atoms with van der Waals surface area (Å²) in [6.07, 6.45) is 1.02. The first-order chi connectivity index (χ1) is 16.2. The van der Waals surface area contributed by atoms with Crippen molar-refractivity contribution >= 4 is 33.2 Å². The van der Waals surface area contributed by atoms with Crippen LogP contribution in [0.1, 0.15) is 21.5 Å². The van der Waals surface area contributed by atoms with Crippen molar-refractivity contribution in [3.05, 3.63) is 89.5 Å². The lowest BCUT2D eigenvalue weighted by Gasteiger charge is -2.24. The molecule has 3 aromatic carbocycles. The standard InChI is InChI=1S/C25H27N3O5S/c1-18-13-14-23(33-2)22(15-18)28(34(3,31)32)17-24(29)27-21-12-8-7-11-20(21)25(30)26-16-19-9-5-4-6-10-19/h4-15H,16-17H2,1-3H3,(H,26,30)(H,27,29). The van der Waals surface area contributed by atoms with Crippen LogP contribution < -0.4 is 19.7 Å². The second kappa shape index (κ2) is 10.8. The van der Waals surface area contributed by atoms with Crippen LogP contribution in [0.4, 0.5) is 11.4 Å². The lowest BCUT2D eigenvalue weighted by molar-refractivity contribution is -0.114. The van der Waals surface area contributed by atoms with Crippen molar-refractivity contribution in [3.63, 3.8) is 0 Å². The molecule has 0 heterocycles. The third-order valence-electron chi connectivity index (χ3n) is 5.03. The number of carbonyl (C=O) groups excluding carboxylic acids is 2. The van der Waals surface area contributed by atoms with E-state index in [2.05, 4.69) is 10.6 Å². The molecule has 0 saturated heterocycles. The molecule has 34 heavy (non-hydrogen) atoms. The number of carbonyl (C=O) groups is 2. The number of hydrogen-bond donors (Lipinski definition) is 2. The number of rotatable bonds is 9. The maximum atomic E-state index is 12.9. The van der Waals surface area contributed by atoms with E-state index in [4.69, 9.17) is 4.74 Å². The van der Waals surface area contributed by atoms with Crippen molar-refractivity contribution in [1.82, 2.24) is 5.32 Å². The Morgan fingerprint density at radius 2 is 1.65 bits per heavy atom. The van der Waals surface area contributed by atoms with Gasteiger partial charge in [-0.05, 0) is 42.3 Å². The van der Waals surface area contributed by atoms with Gasteiger partial charge in [0.1, 0.15) is 12.3 Å². The average Bonchev–Trinajstić information content (AvgIpc) is 2.81. The highest BCUT2D eigenvalue weighted by molar-refractivity contribution is 7.92. The van der Waals surface area contributed by atoms with E-state index >= 15 is 0 Å². The molecular formula is C25H27N3O5S. The van der Waals surface area contributed by atoms with Crippen LogP contribution in [0.5, 0.6) is 5.75 Å². The summed E-state index contributed by atoms with van der Waals surface area (Å²) in [5.41, 5.74) is 2.56. The fraction of sp³-hybridized carbons (Fsp3) is 0.200. The van der Waals surface area contributed by atoms with Gasteiger partial charge in [0, 0.05) is 6.54 Å². The van der Waals surface area contributed by atoms with Gasteiger partial charge in [0.2, 0.25) is 15.9 Å². The van der Waals surface area contributed by atoms with Gasteiger partial charge in [-0.25, -0.2) is 8.42 Å². The van der Waals surface area contributed by atoms with Gasteiger partial charge < -0.3 is 15.4 Å². The topological polar surface area (TPSA) is 105 Å². The Hall–Kier alpha value is -3.85. The van der Waals surface area contributed by atoms with E-state index < -0.39 is 22.5 Å². The van der Waals surface area contributed by atoms with Gasteiger partial charge in [-0.2, -0.15) is 0 Å². The Balaban J connectivity index is 1.78. The molecule has 0 spiro atoms. The summed E-state index contributed by atoms with van der Waals surface area (Å²) < 4.78 is 31.3. The second-order valence-electron chi connectivity index (χ2n) is 7.71. The summed E-state index contributed by atoms with van der Waals surface area (Å²) in [4.78, 5) is 25.7. The van der Waals surface area contributed by atoms with Gasteiger partial charge in [0.15, 0.2) is 0 Å². The number of hydrogen-bond acceptors (Lipinski definition) is 5. The summed E-state index contributed by atoms with van der Waals surface area (Å²) in [5.74, 6) is -0.637. The summed E-state index contributed by atoms with van der Waals surface area (Å²) in [5, 5.41) is 5.50. The molecule has 0 aliphatic heterocycles. The first-order valence-corrected chi connectivity index (χ1v) is 12.4. The third-order valence-corrected chi connectivity index (χ3v) is 6.16. The number of aryl methyl sites for hydroxylation is 1. The van der Waals surface area contributed by atoms with E-state index in [-0.39, 0.29) is 22.8 Å². The molecule has 0 aliphatic rings. The van der Waals surface area contributed by atoms with Crippen LogP contribution in [-0.4, -0.2) is 40.1 Å². The molecule has 0 fully saturated rings. The Labute approximate surface area is 199 Å². The first kappa shape index (κ1) is 24.8. The van der Waals surface area contributed by atoms with Crippen LogP contribution >= 0.6 is 0 Å². The average molecular weight is 482 g/mol. The molecule has 0 aromatic heterocycles. The Morgan fingerprint density at radius 1 is 0.971 bits per heavy atom.